The molecule has 2 aromatic rings. The van der Waals surface area contributed by atoms with Crippen LogP contribution >= 0.6 is 0 Å². The Bertz CT molecular complexity index is 624. The lowest BCUT2D eigenvalue weighted by Crippen LogP contribution is -2.04. The highest BCUT2D eigenvalue weighted by Crippen LogP contribution is 2.26. The van der Waals surface area contributed by atoms with Gasteiger partial charge in [0.2, 0.25) is 11.8 Å². The average Bonchev–Trinajstić information content (AvgIpc) is 2.53. The Hall–Kier alpha value is -2.30. The van der Waals surface area contributed by atoms with Crippen LogP contribution in [0.3, 0.4) is 0 Å². The van der Waals surface area contributed by atoms with Gasteiger partial charge in [-0.3, -0.25) is 4.57 Å². The normalized spacial score (nSPS) is 13.7. The van der Waals surface area contributed by atoms with Gasteiger partial charge < -0.3 is 10.5 Å². The smallest absolute Gasteiger partial charge is 0.215 e. The topological polar surface area (TPSA) is 66.0 Å². The number of anilines is 1. The molecule has 2 heterocycles. The Balaban J connectivity index is 2.28. The van der Waals surface area contributed by atoms with Crippen LogP contribution in [0, 0.1) is 0 Å². The van der Waals surface area contributed by atoms with Gasteiger partial charge in [0.1, 0.15) is 5.52 Å². The van der Waals surface area contributed by atoms with Crippen molar-refractivity contribution in [1.82, 2.24) is 14.5 Å². The molecule has 0 saturated heterocycles. The predicted octanol–water partition coefficient (Wildman–Crippen LogP) is 1.43. The van der Waals surface area contributed by atoms with Crippen LogP contribution in [0.5, 0.6) is 5.88 Å². The molecule has 0 aromatic carbocycles. The van der Waals surface area contributed by atoms with Crippen molar-refractivity contribution < 1.29 is 4.74 Å². The third kappa shape index (κ3) is 1.11. The van der Waals surface area contributed by atoms with Gasteiger partial charge in [0.05, 0.1) is 12.8 Å². The first kappa shape index (κ1) is 8.96. The maximum Gasteiger partial charge on any atom is 0.215 e. The molecule has 2 aromatic heterocycles. The minimum atomic E-state index is 0.436. The highest BCUT2D eigenvalue weighted by Gasteiger charge is 2.14. The quantitative estimate of drug-likeness (QED) is 0.821. The molecule has 3 rings (SSSR count). The van der Waals surface area contributed by atoms with E-state index in [0.29, 0.717) is 17.5 Å². The van der Waals surface area contributed by atoms with Gasteiger partial charge in [0, 0.05) is 6.07 Å². The molecule has 0 spiro atoms. The Morgan fingerprint density at radius 2 is 2.12 bits per heavy atom. The number of fused-ring (bicyclic) bond motifs is 1. The number of nitrogen functional groups attached to an aromatic ring is 1. The third-order valence-electron chi connectivity index (χ3n) is 2.51. The number of methoxy groups -OCH3 is 1. The zero-order chi connectivity index (χ0) is 11.1. The summed E-state index contributed by atoms with van der Waals surface area (Å²) in [4.78, 5) is 8.58. The molecule has 0 atom stereocenters. The maximum absolute atomic E-state index is 5.85. The van der Waals surface area contributed by atoms with Crippen molar-refractivity contribution in [3.8, 4) is 5.88 Å². The average molecular weight is 214 g/mol. The second-order valence-electron chi connectivity index (χ2n) is 3.45. The molecule has 0 bridgehead atoms. The molecule has 0 fully saturated rings. The molecular formula is C11H10N4O. The lowest BCUT2D eigenvalue weighted by Gasteiger charge is -2.10. The fraction of sp³-hybridized carbons (Fsp3) is 0.0909. The lowest BCUT2D eigenvalue weighted by atomic mass is 10.2. The van der Waals surface area contributed by atoms with E-state index in [2.05, 4.69) is 9.97 Å². The van der Waals surface area contributed by atoms with Gasteiger partial charge >= 0.3 is 0 Å². The lowest BCUT2D eigenvalue weighted by molar-refractivity contribution is 0.399. The molecule has 5 nitrogen and oxygen atoms in total. The largest absolute Gasteiger partial charge is 0.481 e. The fourth-order valence-electron chi connectivity index (χ4n) is 1.66. The van der Waals surface area contributed by atoms with Gasteiger partial charge in [0.25, 0.3) is 0 Å². The first-order valence-corrected chi connectivity index (χ1v) is 4.87. The second-order valence-corrected chi connectivity index (χ2v) is 3.45. The summed E-state index contributed by atoms with van der Waals surface area (Å²) < 4.78 is 6.89. The monoisotopic (exact) mass is 214 g/mol. The van der Waals surface area contributed by atoms with Crippen LogP contribution in [0.2, 0.25) is 0 Å². The van der Waals surface area contributed by atoms with E-state index in [1.165, 1.54) is 0 Å². The summed E-state index contributed by atoms with van der Waals surface area (Å²) in [5.41, 5.74) is 8.32. The van der Waals surface area contributed by atoms with Crippen molar-refractivity contribution in [2.75, 3.05) is 12.8 Å². The molecule has 16 heavy (non-hydrogen) atoms. The Kier molecular flexibility index (Phi) is 1.73. The number of hydrogen-bond acceptors (Lipinski definition) is 4. The van der Waals surface area contributed by atoms with Crippen LogP contribution in [-0.2, 0) is 0 Å². The van der Waals surface area contributed by atoms with Crippen molar-refractivity contribution in [3.05, 3.63) is 30.4 Å². The van der Waals surface area contributed by atoms with Crippen molar-refractivity contribution in [3.63, 3.8) is 0 Å². The van der Waals surface area contributed by atoms with E-state index in [0.717, 1.165) is 11.2 Å². The van der Waals surface area contributed by atoms with Crippen molar-refractivity contribution in [2.24, 2.45) is 0 Å². The Labute approximate surface area is 91.9 Å². The Morgan fingerprint density at radius 1 is 1.31 bits per heavy atom. The van der Waals surface area contributed by atoms with Crippen molar-refractivity contribution in [2.45, 2.75) is 0 Å². The minimum absolute atomic E-state index is 0.436. The number of aromatic nitrogens is 3. The van der Waals surface area contributed by atoms with Gasteiger partial charge in [-0.05, 0) is 18.2 Å². The zero-order valence-corrected chi connectivity index (χ0v) is 8.71. The first-order valence-electron chi connectivity index (χ1n) is 4.87. The minimum Gasteiger partial charge on any atom is -0.481 e. The fourth-order valence-corrected chi connectivity index (χ4v) is 1.66. The van der Waals surface area contributed by atoms with Gasteiger partial charge in [-0.2, -0.15) is 4.98 Å². The van der Waals surface area contributed by atoms with Crippen LogP contribution in [0.1, 0.15) is 0 Å². The summed E-state index contributed by atoms with van der Waals surface area (Å²) in [7, 11) is 1.58. The number of nitrogens with two attached hydrogens (primary N) is 1. The van der Waals surface area contributed by atoms with E-state index in [1.807, 2.05) is 24.3 Å². The summed E-state index contributed by atoms with van der Waals surface area (Å²) in [5, 5.41) is 0. The second kappa shape index (κ2) is 3.10. The number of nitrogens with zero attached hydrogens (tertiary/aromatic N) is 3. The van der Waals surface area contributed by atoms with E-state index < -0.39 is 0 Å². The molecule has 0 unspecified atom stereocenters. The highest BCUT2D eigenvalue weighted by atomic mass is 16.5. The zero-order valence-electron chi connectivity index (χ0n) is 8.71. The van der Waals surface area contributed by atoms with Gasteiger partial charge in [-0.25, -0.2) is 4.98 Å². The number of imidazole rings is 1. The van der Waals surface area contributed by atoms with Gasteiger partial charge in [-0.15, -0.1) is 0 Å². The summed E-state index contributed by atoms with van der Waals surface area (Å²) in [6.07, 6.45) is 5.86. The van der Waals surface area contributed by atoms with Crippen LogP contribution in [-0.4, -0.2) is 21.6 Å². The number of allylic oxidation sites excluding steroid dienone is 4. The number of ether oxygens (including phenoxy) is 1. The summed E-state index contributed by atoms with van der Waals surface area (Å²) >= 11 is 0. The third-order valence-corrected chi connectivity index (χ3v) is 2.51. The molecule has 0 radical (unpaired) electrons. The van der Waals surface area contributed by atoms with Crippen LogP contribution < -0.4 is 10.5 Å². The van der Waals surface area contributed by atoms with Crippen LogP contribution in [0.4, 0.5) is 5.95 Å². The molecule has 0 saturated carbocycles. The van der Waals surface area contributed by atoms with Crippen LogP contribution in [0.25, 0.3) is 16.9 Å². The van der Waals surface area contributed by atoms with E-state index in [1.54, 1.807) is 17.7 Å². The molecule has 1 aliphatic carbocycles. The molecule has 80 valence electrons. The van der Waals surface area contributed by atoms with Crippen molar-refractivity contribution in [1.29, 1.82) is 0 Å². The van der Waals surface area contributed by atoms with E-state index in [4.69, 9.17) is 10.5 Å². The highest BCUT2D eigenvalue weighted by molar-refractivity contribution is 5.84. The molecular weight excluding hydrogens is 204 g/mol. The van der Waals surface area contributed by atoms with E-state index >= 15 is 0 Å². The summed E-state index contributed by atoms with van der Waals surface area (Å²) in [6.45, 7) is 0. The molecule has 0 aliphatic heterocycles. The Morgan fingerprint density at radius 3 is 2.75 bits per heavy atom. The number of hydrogen-bond donors (Lipinski definition) is 1. The molecule has 2 N–H and O–H groups in total. The predicted molar refractivity (Wildman–Crippen MR) is 61.9 cm³/mol. The van der Waals surface area contributed by atoms with Crippen LogP contribution in [0.15, 0.2) is 30.4 Å². The molecule has 1 aliphatic rings. The van der Waals surface area contributed by atoms with Crippen molar-refractivity contribution >= 4 is 22.8 Å². The standard InChI is InChI=1S/C11H10N4O/c1-16-9-6-5-8-10(14-9)15(11(12)13-8)7-3-2-4-7/h2-6H,1H3,(H2,12,13). The van der Waals surface area contributed by atoms with Gasteiger partial charge in [0.15, 0.2) is 5.65 Å². The number of pyridine rings is 1. The van der Waals surface area contributed by atoms with E-state index in [9.17, 15) is 0 Å². The maximum atomic E-state index is 5.85. The summed E-state index contributed by atoms with van der Waals surface area (Å²) in [5.74, 6) is 0.990. The summed E-state index contributed by atoms with van der Waals surface area (Å²) in [6, 6.07) is 3.61. The SMILES string of the molecule is COc1ccc2nc(N)n(C3=CC=C3)c2n1. The molecule has 0 amide bonds. The van der Waals surface area contributed by atoms with E-state index in [-0.39, 0.29) is 0 Å². The molecule has 5 heteroatoms. The van der Waals surface area contributed by atoms with Gasteiger partial charge in [-0.1, -0.05) is 6.08 Å². The first-order chi connectivity index (χ1) is 7.79. The number of rotatable bonds is 2.